The maximum Gasteiger partial charge on any atom is 0.248 e. The second-order valence-electron chi connectivity index (χ2n) is 5.69. The summed E-state index contributed by atoms with van der Waals surface area (Å²) < 4.78 is 26.1. The number of carbonyl (C=O) groups is 1. The van der Waals surface area contributed by atoms with Crippen molar-refractivity contribution >= 4 is 21.8 Å². The predicted octanol–water partition coefficient (Wildman–Crippen LogP) is 4.13. The van der Waals surface area contributed by atoms with Crippen molar-refractivity contribution in [1.82, 2.24) is 5.32 Å². The zero-order valence-corrected chi connectivity index (χ0v) is 13.4. The minimum atomic E-state index is -2.57. The maximum absolute atomic E-state index is 13.0. The minimum Gasteiger partial charge on any atom is -0.355 e. The van der Waals surface area contributed by atoms with Gasteiger partial charge < -0.3 is 5.32 Å². The quantitative estimate of drug-likeness (QED) is 0.724. The van der Waals surface area contributed by atoms with Gasteiger partial charge >= 0.3 is 0 Å². The fraction of sp³-hybridized carbons (Fsp3) is 0.929. The first-order valence-corrected chi connectivity index (χ1v) is 8.22. The first-order chi connectivity index (χ1) is 8.88. The number of halogens is 3. The summed E-state index contributed by atoms with van der Waals surface area (Å²) in [4.78, 5) is 12.0. The van der Waals surface area contributed by atoms with Gasteiger partial charge in [-0.3, -0.25) is 4.79 Å². The standard InChI is InChI=1S/C14H24BrF2NO/c1-3-13(4-2,9-15)10-18-12(19)11-5-7-14(16,17)8-6-11/h11H,3-10H2,1-2H3,(H,18,19). The number of carbonyl (C=O) groups excluding carboxylic acids is 1. The first-order valence-electron chi connectivity index (χ1n) is 7.09. The van der Waals surface area contributed by atoms with Crippen LogP contribution in [0.5, 0.6) is 0 Å². The average molecular weight is 340 g/mol. The molecule has 0 saturated heterocycles. The van der Waals surface area contributed by atoms with Gasteiger partial charge in [-0.1, -0.05) is 29.8 Å². The maximum atomic E-state index is 13.0. The highest BCUT2D eigenvalue weighted by molar-refractivity contribution is 9.09. The van der Waals surface area contributed by atoms with Crippen LogP contribution in [-0.2, 0) is 4.79 Å². The van der Waals surface area contributed by atoms with E-state index >= 15 is 0 Å². The summed E-state index contributed by atoms with van der Waals surface area (Å²) in [6, 6.07) is 0. The number of rotatable bonds is 6. The zero-order chi connectivity index (χ0) is 14.5. The summed E-state index contributed by atoms with van der Waals surface area (Å²) in [5.41, 5.74) is 0.0776. The molecule has 19 heavy (non-hydrogen) atoms. The Labute approximate surface area is 122 Å². The van der Waals surface area contributed by atoms with Crippen LogP contribution < -0.4 is 5.32 Å². The molecule has 1 aliphatic rings. The van der Waals surface area contributed by atoms with E-state index in [-0.39, 0.29) is 30.1 Å². The highest BCUT2D eigenvalue weighted by atomic mass is 79.9. The molecule has 0 atom stereocenters. The van der Waals surface area contributed by atoms with Gasteiger partial charge in [-0.25, -0.2) is 8.78 Å². The van der Waals surface area contributed by atoms with Gasteiger partial charge in [0.1, 0.15) is 0 Å². The third kappa shape index (κ3) is 4.69. The van der Waals surface area contributed by atoms with Crippen molar-refractivity contribution in [3.63, 3.8) is 0 Å². The number of hydrogen-bond acceptors (Lipinski definition) is 1. The van der Waals surface area contributed by atoms with E-state index in [4.69, 9.17) is 0 Å². The van der Waals surface area contributed by atoms with Crippen molar-refractivity contribution in [2.45, 2.75) is 58.3 Å². The Morgan fingerprint density at radius 1 is 1.32 bits per heavy atom. The molecule has 2 nitrogen and oxygen atoms in total. The predicted molar refractivity (Wildman–Crippen MR) is 76.7 cm³/mol. The topological polar surface area (TPSA) is 29.1 Å². The van der Waals surface area contributed by atoms with E-state index in [2.05, 4.69) is 35.1 Å². The molecule has 0 spiro atoms. The van der Waals surface area contributed by atoms with Crippen molar-refractivity contribution in [1.29, 1.82) is 0 Å². The molecule has 1 fully saturated rings. The van der Waals surface area contributed by atoms with Gasteiger partial charge in [-0.2, -0.15) is 0 Å². The SMILES string of the molecule is CCC(CC)(CBr)CNC(=O)C1CCC(F)(F)CC1. The van der Waals surface area contributed by atoms with Gasteiger partial charge in [0.05, 0.1) is 0 Å². The van der Waals surface area contributed by atoms with Crippen molar-refractivity contribution in [3.05, 3.63) is 0 Å². The number of nitrogens with one attached hydrogen (secondary N) is 1. The lowest BCUT2D eigenvalue weighted by Crippen LogP contribution is -2.42. The average Bonchev–Trinajstić information content (AvgIpc) is 2.40. The Hall–Kier alpha value is -0.190. The molecule has 0 aromatic carbocycles. The van der Waals surface area contributed by atoms with Crippen LogP contribution in [0.25, 0.3) is 0 Å². The number of amides is 1. The van der Waals surface area contributed by atoms with Crippen LogP contribution in [0.4, 0.5) is 8.78 Å². The lowest BCUT2D eigenvalue weighted by atomic mass is 9.83. The molecule has 0 heterocycles. The van der Waals surface area contributed by atoms with E-state index in [9.17, 15) is 13.6 Å². The van der Waals surface area contributed by atoms with Crippen LogP contribution in [0.15, 0.2) is 0 Å². The third-order valence-corrected chi connectivity index (χ3v) is 5.70. The summed E-state index contributed by atoms with van der Waals surface area (Å²) in [6.45, 7) is 4.84. The van der Waals surface area contributed by atoms with Gasteiger partial charge in [0.25, 0.3) is 0 Å². The van der Waals surface area contributed by atoms with E-state index < -0.39 is 5.92 Å². The van der Waals surface area contributed by atoms with Crippen LogP contribution in [0.2, 0.25) is 0 Å². The van der Waals surface area contributed by atoms with E-state index in [1.165, 1.54) is 0 Å². The molecular formula is C14H24BrF2NO. The Morgan fingerprint density at radius 3 is 2.26 bits per heavy atom. The summed E-state index contributed by atoms with van der Waals surface area (Å²) in [5.74, 6) is -2.85. The lowest BCUT2D eigenvalue weighted by molar-refractivity contribution is -0.129. The summed E-state index contributed by atoms with van der Waals surface area (Å²) in [7, 11) is 0. The molecule has 0 radical (unpaired) electrons. The molecule has 1 aliphatic carbocycles. The van der Waals surface area contributed by atoms with Crippen LogP contribution in [-0.4, -0.2) is 23.7 Å². The molecule has 0 aromatic heterocycles. The fourth-order valence-electron chi connectivity index (χ4n) is 2.46. The largest absolute Gasteiger partial charge is 0.355 e. The second-order valence-corrected chi connectivity index (χ2v) is 6.25. The molecule has 0 unspecified atom stereocenters. The van der Waals surface area contributed by atoms with Crippen LogP contribution in [0, 0.1) is 11.3 Å². The molecule has 0 bridgehead atoms. The molecule has 112 valence electrons. The molecule has 0 aliphatic heterocycles. The van der Waals surface area contributed by atoms with Crippen molar-refractivity contribution in [2.24, 2.45) is 11.3 Å². The smallest absolute Gasteiger partial charge is 0.248 e. The lowest BCUT2D eigenvalue weighted by Gasteiger charge is -2.32. The normalized spacial score (nSPS) is 20.3. The van der Waals surface area contributed by atoms with E-state index in [1.54, 1.807) is 0 Å². The Kier molecular flexibility index (Phi) is 6.21. The molecule has 1 rings (SSSR count). The Bertz CT molecular complexity index is 288. The highest BCUT2D eigenvalue weighted by Crippen LogP contribution is 2.36. The molecule has 1 saturated carbocycles. The number of alkyl halides is 3. The zero-order valence-electron chi connectivity index (χ0n) is 11.8. The van der Waals surface area contributed by atoms with Crippen LogP contribution in [0.1, 0.15) is 52.4 Å². The Balaban J connectivity index is 2.44. The fourth-order valence-corrected chi connectivity index (χ4v) is 3.45. The van der Waals surface area contributed by atoms with E-state index in [0.29, 0.717) is 19.4 Å². The summed E-state index contributed by atoms with van der Waals surface area (Å²) >= 11 is 3.50. The van der Waals surface area contributed by atoms with Gasteiger partial charge in [-0.05, 0) is 31.1 Å². The van der Waals surface area contributed by atoms with E-state index in [1.807, 2.05) is 0 Å². The summed E-state index contributed by atoms with van der Waals surface area (Å²) in [6.07, 6.45) is 2.26. The molecule has 1 amide bonds. The van der Waals surface area contributed by atoms with Crippen molar-refractivity contribution in [3.8, 4) is 0 Å². The molecule has 0 aromatic rings. The second kappa shape index (κ2) is 7.00. The van der Waals surface area contributed by atoms with Gasteiger partial charge in [0.15, 0.2) is 0 Å². The molecule has 5 heteroatoms. The van der Waals surface area contributed by atoms with Crippen molar-refractivity contribution in [2.75, 3.05) is 11.9 Å². The van der Waals surface area contributed by atoms with E-state index in [0.717, 1.165) is 18.2 Å². The summed E-state index contributed by atoms with van der Waals surface area (Å²) in [5, 5.41) is 3.80. The monoisotopic (exact) mass is 339 g/mol. The van der Waals surface area contributed by atoms with Gasteiger partial charge in [0.2, 0.25) is 11.8 Å². The molecular weight excluding hydrogens is 316 g/mol. The van der Waals surface area contributed by atoms with Crippen LogP contribution in [0.3, 0.4) is 0 Å². The van der Waals surface area contributed by atoms with Gasteiger partial charge in [-0.15, -0.1) is 0 Å². The first kappa shape index (κ1) is 16.9. The van der Waals surface area contributed by atoms with Crippen molar-refractivity contribution < 1.29 is 13.6 Å². The highest BCUT2D eigenvalue weighted by Gasteiger charge is 2.37. The van der Waals surface area contributed by atoms with Gasteiger partial charge in [0, 0.05) is 30.6 Å². The minimum absolute atomic E-state index is 0.0530. The molecule has 1 N–H and O–H groups in total. The number of hydrogen-bond donors (Lipinski definition) is 1. The van der Waals surface area contributed by atoms with Crippen LogP contribution >= 0.6 is 15.9 Å². The third-order valence-electron chi connectivity index (χ3n) is 4.51. The Morgan fingerprint density at radius 2 is 1.84 bits per heavy atom.